The Morgan fingerprint density at radius 1 is 1.29 bits per heavy atom. The van der Waals surface area contributed by atoms with Gasteiger partial charge in [0, 0.05) is 18.0 Å². The Kier molecular flexibility index (Phi) is 5.34. The number of benzene rings is 1. The number of hydrogen-bond acceptors (Lipinski definition) is 5. The Morgan fingerprint density at radius 3 is 2.62 bits per heavy atom. The molecule has 8 nitrogen and oxygen atoms in total. The maximum atomic E-state index is 13.4. The fraction of sp³-hybridized carbons (Fsp3) is 0.615. The van der Waals surface area contributed by atoms with Gasteiger partial charge in [0.25, 0.3) is 5.91 Å². The molecule has 5 atom stereocenters. The van der Waals surface area contributed by atoms with Gasteiger partial charge < -0.3 is 20.3 Å². The van der Waals surface area contributed by atoms with Crippen LogP contribution in [0.4, 0.5) is 0 Å². The molecule has 2 saturated heterocycles. The normalized spacial score (nSPS) is 30.2. The lowest BCUT2D eigenvalue weighted by molar-refractivity contribution is -0.142. The highest BCUT2D eigenvalue weighted by Gasteiger charge is 2.69. The Balaban J connectivity index is 1.23. The van der Waals surface area contributed by atoms with Crippen LogP contribution >= 0.6 is 0 Å². The Hall–Kier alpha value is -3.08. The number of carbonyl (C=O) groups excluding carboxylic acids is 3. The zero-order chi connectivity index (χ0) is 24.3. The molecule has 2 aliphatic heterocycles. The van der Waals surface area contributed by atoms with Gasteiger partial charge in [0.2, 0.25) is 11.8 Å². The van der Waals surface area contributed by atoms with Crippen molar-refractivity contribution in [2.75, 3.05) is 13.2 Å². The van der Waals surface area contributed by atoms with E-state index in [1.165, 1.54) is 0 Å². The standard InChI is InChI=1S/C26H32N4O4/c1-15-4-6-18(7-5-15)34-14-20(31)30-13-19-21(25(19,2)3)22(30)24(33)28-17(12-27)10-16-11-26(8-9-26)29-23(16)32/h4-7,16-17,19,21-22H,8-11,13-14H2,1-3H3,(H,28,33)(H,29,32)/t16-,17+,19+,21+,22+/m1/s1. The highest BCUT2D eigenvalue weighted by Crippen LogP contribution is 2.64. The summed E-state index contributed by atoms with van der Waals surface area (Å²) in [4.78, 5) is 40.3. The van der Waals surface area contributed by atoms with Crippen LogP contribution in [0.1, 0.15) is 45.1 Å². The van der Waals surface area contributed by atoms with Gasteiger partial charge in [-0.25, -0.2) is 0 Å². The number of nitrogens with one attached hydrogen (secondary N) is 2. The second-order valence-corrected chi connectivity index (χ2v) is 11.1. The number of carbonyl (C=O) groups is 3. The molecule has 4 fully saturated rings. The second kappa shape index (κ2) is 8.00. The topological polar surface area (TPSA) is 112 Å². The molecule has 0 aromatic heterocycles. The van der Waals surface area contributed by atoms with Crippen LogP contribution in [0.25, 0.3) is 0 Å². The Labute approximate surface area is 200 Å². The SMILES string of the molecule is Cc1ccc(OCC(=O)N2C[C@H]3[C@@H]([C@H]2C(=O)N[C@H](C#N)C[C@@H]2CC4(CC4)NC2=O)C3(C)C)cc1. The van der Waals surface area contributed by atoms with E-state index in [1.54, 1.807) is 4.90 Å². The summed E-state index contributed by atoms with van der Waals surface area (Å²) in [7, 11) is 0. The maximum absolute atomic E-state index is 13.4. The lowest BCUT2D eigenvalue weighted by atomic mass is 9.95. The largest absolute Gasteiger partial charge is 0.484 e. The van der Waals surface area contributed by atoms with E-state index >= 15 is 0 Å². The van der Waals surface area contributed by atoms with E-state index < -0.39 is 12.1 Å². The molecule has 2 N–H and O–H groups in total. The molecule has 2 aliphatic carbocycles. The van der Waals surface area contributed by atoms with E-state index in [0.717, 1.165) is 24.8 Å². The van der Waals surface area contributed by atoms with Gasteiger partial charge in [-0.05, 0) is 62.0 Å². The number of ether oxygens (including phenoxy) is 1. The first-order valence-electron chi connectivity index (χ1n) is 12.1. The molecule has 1 spiro atoms. The van der Waals surface area contributed by atoms with Crippen LogP contribution in [0.3, 0.4) is 0 Å². The smallest absolute Gasteiger partial charge is 0.261 e. The predicted molar refractivity (Wildman–Crippen MR) is 123 cm³/mol. The Bertz CT molecular complexity index is 1060. The third-order valence-corrected chi connectivity index (χ3v) is 8.42. The molecule has 34 heavy (non-hydrogen) atoms. The van der Waals surface area contributed by atoms with E-state index in [1.807, 2.05) is 31.2 Å². The summed E-state index contributed by atoms with van der Waals surface area (Å²) >= 11 is 0. The highest BCUT2D eigenvalue weighted by molar-refractivity contribution is 5.90. The van der Waals surface area contributed by atoms with Crippen LogP contribution in [-0.4, -0.2) is 53.4 Å². The number of fused-ring (bicyclic) bond motifs is 1. The minimum absolute atomic E-state index is 0.0254. The van der Waals surface area contributed by atoms with E-state index in [-0.39, 0.29) is 53.0 Å². The minimum Gasteiger partial charge on any atom is -0.484 e. The average Bonchev–Trinajstić information content (AvgIpc) is 3.52. The summed E-state index contributed by atoms with van der Waals surface area (Å²) < 4.78 is 5.67. The van der Waals surface area contributed by atoms with Crippen molar-refractivity contribution in [2.45, 2.75) is 64.1 Å². The number of likely N-dealkylation sites (tertiary alicyclic amines) is 1. The first kappa shape index (κ1) is 22.7. The molecule has 180 valence electrons. The van der Waals surface area contributed by atoms with Crippen molar-refractivity contribution in [3.05, 3.63) is 29.8 Å². The summed E-state index contributed by atoms with van der Waals surface area (Å²) in [6.45, 7) is 6.59. The van der Waals surface area contributed by atoms with Crippen molar-refractivity contribution in [3.8, 4) is 11.8 Å². The monoisotopic (exact) mass is 464 g/mol. The molecule has 3 amide bonds. The van der Waals surface area contributed by atoms with E-state index in [0.29, 0.717) is 18.7 Å². The summed E-state index contributed by atoms with van der Waals surface area (Å²) in [5, 5.41) is 15.6. The number of nitrogens with zero attached hydrogens (tertiary/aromatic N) is 2. The van der Waals surface area contributed by atoms with E-state index in [9.17, 15) is 19.6 Å². The Morgan fingerprint density at radius 2 is 2.00 bits per heavy atom. The van der Waals surface area contributed by atoms with Gasteiger partial charge in [0.15, 0.2) is 6.61 Å². The lowest BCUT2D eigenvalue weighted by Gasteiger charge is -2.30. The van der Waals surface area contributed by atoms with Crippen molar-refractivity contribution in [1.29, 1.82) is 5.26 Å². The van der Waals surface area contributed by atoms with Crippen LogP contribution in [0, 0.1) is 41.4 Å². The average molecular weight is 465 g/mol. The summed E-state index contributed by atoms with van der Waals surface area (Å²) in [6, 6.07) is 8.24. The summed E-state index contributed by atoms with van der Waals surface area (Å²) in [5.74, 6) is 0.0820. The molecule has 1 aromatic carbocycles. The molecule has 1 aromatic rings. The van der Waals surface area contributed by atoms with Gasteiger partial charge in [0.05, 0.1) is 6.07 Å². The summed E-state index contributed by atoms with van der Waals surface area (Å²) in [5.41, 5.74) is 1.01. The number of aryl methyl sites for hydroxylation is 1. The van der Waals surface area contributed by atoms with Gasteiger partial charge in [-0.15, -0.1) is 0 Å². The minimum atomic E-state index is -0.765. The number of piperidine rings is 1. The second-order valence-electron chi connectivity index (χ2n) is 11.1. The molecule has 0 unspecified atom stereocenters. The lowest BCUT2D eigenvalue weighted by Crippen LogP contribution is -2.53. The molecule has 4 aliphatic rings. The molecule has 0 radical (unpaired) electrons. The van der Waals surface area contributed by atoms with Crippen molar-refractivity contribution in [3.63, 3.8) is 0 Å². The van der Waals surface area contributed by atoms with Gasteiger partial charge in [-0.2, -0.15) is 5.26 Å². The van der Waals surface area contributed by atoms with Crippen molar-refractivity contribution in [2.24, 2.45) is 23.2 Å². The third kappa shape index (κ3) is 4.02. The van der Waals surface area contributed by atoms with Crippen molar-refractivity contribution < 1.29 is 19.1 Å². The number of nitriles is 1. The number of amides is 3. The fourth-order valence-corrected chi connectivity index (χ4v) is 6.04. The van der Waals surface area contributed by atoms with Gasteiger partial charge in [-0.3, -0.25) is 14.4 Å². The van der Waals surface area contributed by atoms with Crippen molar-refractivity contribution in [1.82, 2.24) is 15.5 Å². The molecule has 8 heteroatoms. The molecule has 2 heterocycles. The molecular weight excluding hydrogens is 432 g/mol. The molecule has 0 bridgehead atoms. The van der Waals surface area contributed by atoms with Crippen LogP contribution < -0.4 is 15.4 Å². The van der Waals surface area contributed by atoms with Gasteiger partial charge in [0.1, 0.15) is 17.8 Å². The van der Waals surface area contributed by atoms with Crippen LogP contribution in [0.2, 0.25) is 0 Å². The maximum Gasteiger partial charge on any atom is 0.261 e. The molecule has 5 rings (SSSR count). The zero-order valence-electron chi connectivity index (χ0n) is 20.0. The number of hydrogen-bond donors (Lipinski definition) is 2. The highest BCUT2D eigenvalue weighted by atomic mass is 16.5. The van der Waals surface area contributed by atoms with E-state index in [2.05, 4.69) is 30.6 Å². The van der Waals surface area contributed by atoms with Crippen LogP contribution in [-0.2, 0) is 14.4 Å². The van der Waals surface area contributed by atoms with Crippen molar-refractivity contribution >= 4 is 17.7 Å². The molecule has 2 saturated carbocycles. The van der Waals surface area contributed by atoms with Gasteiger partial charge in [-0.1, -0.05) is 31.5 Å². The van der Waals surface area contributed by atoms with Crippen LogP contribution in [0.5, 0.6) is 5.75 Å². The van der Waals surface area contributed by atoms with Crippen LogP contribution in [0.15, 0.2) is 24.3 Å². The first-order valence-corrected chi connectivity index (χ1v) is 12.1. The fourth-order valence-electron chi connectivity index (χ4n) is 6.04. The third-order valence-electron chi connectivity index (χ3n) is 8.42. The number of rotatable bonds is 7. The summed E-state index contributed by atoms with van der Waals surface area (Å²) in [6.07, 6.45) is 2.99. The molecular formula is C26H32N4O4. The zero-order valence-corrected chi connectivity index (χ0v) is 20.0. The van der Waals surface area contributed by atoms with E-state index in [4.69, 9.17) is 4.74 Å². The first-order chi connectivity index (χ1) is 16.1. The van der Waals surface area contributed by atoms with Gasteiger partial charge >= 0.3 is 0 Å². The predicted octanol–water partition coefficient (Wildman–Crippen LogP) is 1.92. The quantitative estimate of drug-likeness (QED) is 0.640.